The van der Waals surface area contributed by atoms with E-state index in [9.17, 15) is 9.59 Å². The number of aromatic nitrogens is 2. The van der Waals surface area contributed by atoms with Gasteiger partial charge in [0.1, 0.15) is 0 Å². The second-order valence-corrected chi connectivity index (χ2v) is 6.18. The highest BCUT2D eigenvalue weighted by Gasteiger charge is 2.11. The van der Waals surface area contributed by atoms with Crippen LogP contribution in [-0.4, -0.2) is 29.0 Å². The van der Waals surface area contributed by atoms with Crippen molar-refractivity contribution in [2.45, 2.75) is 6.54 Å². The van der Waals surface area contributed by atoms with Gasteiger partial charge in [-0.3, -0.25) is 4.79 Å². The van der Waals surface area contributed by atoms with Gasteiger partial charge in [0.05, 0.1) is 28.9 Å². The largest absolute Gasteiger partial charge is 0.465 e. The molecule has 0 bridgehead atoms. The minimum atomic E-state index is -0.480. The van der Waals surface area contributed by atoms with E-state index in [1.807, 2.05) is 30.3 Å². The van der Waals surface area contributed by atoms with Crippen LogP contribution in [0.5, 0.6) is 0 Å². The maximum atomic E-state index is 12.2. The van der Waals surface area contributed by atoms with Crippen molar-refractivity contribution in [1.82, 2.24) is 15.3 Å². The molecule has 0 spiro atoms. The lowest BCUT2D eigenvalue weighted by atomic mass is 10.2. The molecule has 142 valence electrons. The van der Waals surface area contributed by atoms with Gasteiger partial charge in [-0.15, -0.1) is 0 Å². The van der Waals surface area contributed by atoms with Gasteiger partial charge in [-0.1, -0.05) is 41.9 Å². The number of nitrogens with zero attached hydrogens (tertiary/aromatic N) is 2. The average Bonchev–Trinajstić information content (AvgIpc) is 2.74. The Morgan fingerprint density at radius 3 is 2.43 bits per heavy atom. The van der Waals surface area contributed by atoms with Gasteiger partial charge < -0.3 is 15.4 Å². The summed E-state index contributed by atoms with van der Waals surface area (Å²) < 4.78 is 4.69. The van der Waals surface area contributed by atoms with E-state index in [0.717, 1.165) is 5.56 Å². The normalized spacial score (nSPS) is 10.2. The summed E-state index contributed by atoms with van der Waals surface area (Å²) >= 11 is 6.14. The minimum absolute atomic E-state index is 0.239. The van der Waals surface area contributed by atoms with Gasteiger partial charge >= 0.3 is 5.97 Å². The minimum Gasteiger partial charge on any atom is -0.465 e. The molecule has 2 aromatic carbocycles. The standard InChI is InChI=1S/C20H17ClN4O3/c1-28-19(27)14-7-8-16(21)17(9-14)25-20-23-11-15(12-24-20)18(26)22-10-13-5-3-2-4-6-13/h2-9,11-12H,10H2,1H3,(H,22,26)(H,23,24,25). The Bertz CT molecular complexity index is 979. The first kappa shape index (κ1) is 19.3. The predicted molar refractivity (Wildman–Crippen MR) is 106 cm³/mol. The number of ether oxygens (including phenoxy) is 1. The van der Waals surface area contributed by atoms with Crippen LogP contribution < -0.4 is 10.6 Å². The predicted octanol–water partition coefficient (Wildman–Crippen LogP) is 3.59. The van der Waals surface area contributed by atoms with Crippen LogP contribution >= 0.6 is 11.6 Å². The summed E-state index contributed by atoms with van der Waals surface area (Å²) in [5.74, 6) is -0.518. The fraction of sp³-hybridized carbons (Fsp3) is 0.100. The summed E-state index contributed by atoms with van der Waals surface area (Å²) in [6.07, 6.45) is 2.82. The highest BCUT2D eigenvalue weighted by atomic mass is 35.5. The molecule has 0 aliphatic carbocycles. The van der Waals surface area contributed by atoms with Crippen LogP contribution in [-0.2, 0) is 11.3 Å². The quantitative estimate of drug-likeness (QED) is 0.618. The molecule has 8 heteroatoms. The van der Waals surface area contributed by atoms with E-state index in [-0.39, 0.29) is 11.9 Å². The number of hydrogen-bond acceptors (Lipinski definition) is 6. The first-order valence-electron chi connectivity index (χ1n) is 8.36. The van der Waals surface area contributed by atoms with Gasteiger partial charge in [0.15, 0.2) is 0 Å². The monoisotopic (exact) mass is 396 g/mol. The van der Waals surface area contributed by atoms with Crippen molar-refractivity contribution in [2.24, 2.45) is 0 Å². The lowest BCUT2D eigenvalue weighted by Gasteiger charge is -2.09. The molecule has 3 rings (SSSR count). The van der Waals surface area contributed by atoms with E-state index < -0.39 is 5.97 Å². The number of hydrogen-bond donors (Lipinski definition) is 2. The molecule has 0 saturated heterocycles. The van der Waals surface area contributed by atoms with Gasteiger partial charge in [-0.25, -0.2) is 14.8 Å². The van der Waals surface area contributed by atoms with Crippen LogP contribution in [0.3, 0.4) is 0 Å². The number of amides is 1. The Morgan fingerprint density at radius 2 is 1.75 bits per heavy atom. The molecule has 0 unspecified atom stereocenters. The fourth-order valence-electron chi connectivity index (χ4n) is 2.38. The highest BCUT2D eigenvalue weighted by Crippen LogP contribution is 2.25. The number of rotatable bonds is 6. The van der Waals surface area contributed by atoms with Gasteiger partial charge in [0, 0.05) is 18.9 Å². The molecule has 7 nitrogen and oxygen atoms in total. The number of benzene rings is 2. The Hall–Kier alpha value is -3.45. The zero-order valence-corrected chi connectivity index (χ0v) is 15.7. The van der Waals surface area contributed by atoms with Crippen LogP contribution in [0, 0.1) is 0 Å². The highest BCUT2D eigenvalue weighted by molar-refractivity contribution is 6.33. The van der Waals surface area contributed by atoms with Gasteiger partial charge in [0.25, 0.3) is 5.91 Å². The fourth-order valence-corrected chi connectivity index (χ4v) is 2.54. The van der Waals surface area contributed by atoms with E-state index >= 15 is 0 Å². The molecule has 28 heavy (non-hydrogen) atoms. The van der Waals surface area contributed by atoms with Crippen LogP contribution in [0.15, 0.2) is 60.9 Å². The molecule has 1 aromatic heterocycles. The van der Waals surface area contributed by atoms with Gasteiger partial charge in [-0.05, 0) is 23.8 Å². The number of nitrogens with one attached hydrogen (secondary N) is 2. The van der Waals surface area contributed by atoms with E-state index in [2.05, 4.69) is 20.6 Å². The number of carbonyl (C=O) groups is 2. The Labute approximate surface area is 166 Å². The second-order valence-electron chi connectivity index (χ2n) is 5.77. The summed E-state index contributed by atoms with van der Waals surface area (Å²) in [5.41, 5.74) is 2.11. The zero-order chi connectivity index (χ0) is 19.9. The van der Waals surface area contributed by atoms with Crippen LogP contribution in [0.25, 0.3) is 0 Å². The lowest BCUT2D eigenvalue weighted by Crippen LogP contribution is -2.23. The number of halogens is 1. The molecule has 1 heterocycles. The summed E-state index contributed by atoms with van der Waals surface area (Å²) in [7, 11) is 1.30. The molecule has 3 aromatic rings. The summed E-state index contributed by atoms with van der Waals surface area (Å²) in [6.45, 7) is 0.412. The van der Waals surface area contributed by atoms with Crippen LogP contribution in [0.2, 0.25) is 5.02 Å². The SMILES string of the molecule is COC(=O)c1ccc(Cl)c(Nc2ncc(C(=O)NCc3ccccc3)cn2)c1. The van der Waals surface area contributed by atoms with Crippen LogP contribution in [0.4, 0.5) is 11.6 Å². The number of esters is 1. The first-order valence-corrected chi connectivity index (χ1v) is 8.73. The number of anilines is 2. The zero-order valence-electron chi connectivity index (χ0n) is 15.0. The average molecular weight is 397 g/mol. The summed E-state index contributed by atoms with van der Waals surface area (Å²) in [4.78, 5) is 32.1. The van der Waals surface area contributed by atoms with E-state index in [4.69, 9.17) is 16.3 Å². The van der Waals surface area contributed by atoms with Crippen molar-refractivity contribution < 1.29 is 14.3 Å². The van der Waals surface area contributed by atoms with E-state index in [1.165, 1.54) is 25.6 Å². The van der Waals surface area contributed by atoms with Crippen molar-refractivity contribution in [3.63, 3.8) is 0 Å². The molecule has 0 aliphatic heterocycles. The van der Waals surface area contributed by atoms with Gasteiger partial charge in [-0.2, -0.15) is 0 Å². The van der Waals surface area contributed by atoms with Crippen molar-refractivity contribution in [2.75, 3.05) is 12.4 Å². The summed E-state index contributed by atoms with van der Waals surface area (Å²) in [6, 6.07) is 14.3. The van der Waals surface area contributed by atoms with Crippen molar-refractivity contribution in [3.8, 4) is 0 Å². The van der Waals surface area contributed by atoms with E-state index in [1.54, 1.807) is 12.1 Å². The lowest BCUT2D eigenvalue weighted by molar-refractivity contribution is 0.0600. The third-order valence-corrected chi connectivity index (χ3v) is 4.17. The first-order chi connectivity index (χ1) is 13.6. The maximum Gasteiger partial charge on any atom is 0.337 e. The van der Waals surface area contributed by atoms with E-state index in [0.29, 0.717) is 28.4 Å². The molecular formula is C20H17ClN4O3. The number of methoxy groups -OCH3 is 1. The second kappa shape index (κ2) is 8.96. The molecule has 0 radical (unpaired) electrons. The topological polar surface area (TPSA) is 93.2 Å². The smallest absolute Gasteiger partial charge is 0.337 e. The Balaban J connectivity index is 1.66. The molecule has 2 N–H and O–H groups in total. The molecule has 0 fully saturated rings. The molecular weight excluding hydrogens is 380 g/mol. The molecule has 1 amide bonds. The maximum absolute atomic E-state index is 12.2. The molecule has 0 atom stereocenters. The van der Waals surface area contributed by atoms with Crippen molar-refractivity contribution in [1.29, 1.82) is 0 Å². The Kier molecular flexibility index (Phi) is 6.18. The molecule has 0 aliphatic rings. The Morgan fingerprint density at radius 1 is 1.04 bits per heavy atom. The number of carbonyl (C=O) groups excluding carboxylic acids is 2. The molecule has 0 saturated carbocycles. The van der Waals surface area contributed by atoms with Crippen molar-refractivity contribution >= 4 is 35.1 Å². The third-order valence-electron chi connectivity index (χ3n) is 3.84. The summed E-state index contributed by atoms with van der Waals surface area (Å²) in [5, 5.41) is 6.12. The van der Waals surface area contributed by atoms with Crippen LogP contribution in [0.1, 0.15) is 26.3 Å². The third kappa shape index (κ3) is 4.83. The van der Waals surface area contributed by atoms with Gasteiger partial charge in [0.2, 0.25) is 5.95 Å². The van der Waals surface area contributed by atoms with Crippen molar-refractivity contribution in [3.05, 3.63) is 82.6 Å².